The smallest absolute Gasteiger partial charge is 0.344 e. The highest BCUT2D eigenvalue weighted by atomic mass is 16.5. The van der Waals surface area contributed by atoms with Crippen molar-refractivity contribution in [3.05, 3.63) is 57.3 Å². The second-order valence-electron chi connectivity index (χ2n) is 6.44. The summed E-state index contributed by atoms with van der Waals surface area (Å²) in [7, 11) is 0. The molecule has 1 fully saturated rings. The molecule has 1 aliphatic heterocycles. The molecule has 26 heavy (non-hydrogen) atoms. The first-order valence-corrected chi connectivity index (χ1v) is 8.63. The van der Waals surface area contributed by atoms with Crippen LogP contribution in [0, 0.1) is 13.8 Å². The molecule has 0 radical (unpaired) electrons. The van der Waals surface area contributed by atoms with E-state index in [9.17, 15) is 14.4 Å². The molecule has 7 heteroatoms. The lowest BCUT2D eigenvalue weighted by Gasteiger charge is -2.14. The van der Waals surface area contributed by atoms with Crippen LogP contribution in [0.3, 0.4) is 0 Å². The Morgan fingerprint density at radius 3 is 2.85 bits per heavy atom. The number of H-pyrrole nitrogens is 1. The zero-order chi connectivity index (χ0) is 18.7. The van der Waals surface area contributed by atoms with Crippen molar-refractivity contribution in [3.63, 3.8) is 0 Å². The molecule has 1 atom stereocenters. The number of nitrogens with one attached hydrogen (secondary N) is 1. The van der Waals surface area contributed by atoms with Crippen molar-refractivity contribution >= 4 is 11.8 Å². The summed E-state index contributed by atoms with van der Waals surface area (Å²) in [6.07, 6.45) is 3.67. The second kappa shape index (κ2) is 7.70. The summed E-state index contributed by atoms with van der Waals surface area (Å²) >= 11 is 0. The molecule has 1 N–H and O–H groups in total. The third-order valence-corrected chi connectivity index (χ3v) is 4.66. The number of ether oxygens (including phenoxy) is 2. The Labute approximate surface area is 150 Å². The molecule has 0 bridgehead atoms. The second-order valence-corrected chi connectivity index (χ2v) is 6.44. The summed E-state index contributed by atoms with van der Waals surface area (Å²) in [6.45, 7) is 4.90. The third-order valence-electron chi connectivity index (χ3n) is 4.66. The molecule has 1 saturated heterocycles. The maximum absolute atomic E-state index is 12.5. The van der Waals surface area contributed by atoms with Gasteiger partial charge in [-0.05, 0) is 44.9 Å². The van der Waals surface area contributed by atoms with Crippen molar-refractivity contribution in [1.29, 1.82) is 0 Å². The van der Waals surface area contributed by atoms with Crippen molar-refractivity contribution in [1.82, 2.24) is 9.55 Å². The average Bonchev–Trinajstić information content (AvgIpc) is 3.23. The number of hydrogen-bond acceptors (Lipinski definition) is 5. The standard InChI is InChI=1S/C19H22N2O5/c1-12-9-16(13(2)21(12)10-14-5-4-8-25-14)17(22)11-26-19(24)15-6-3-7-20-18(15)23/h3,6-7,9,14H,4-5,8,10-11H2,1-2H3,(H,20,23)/t14-/m0/s1. The van der Waals surface area contributed by atoms with Gasteiger partial charge in [-0.25, -0.2) is 4.79 Å². The van der Waals surface area contributed by atoms with Gasteiger partial charge in [0.2, 0.25) is 5.78 Å². The van der Waals surface area contributed by atoms with Gasteiger partial charge in [0.1, 0.15) is 5.56 Å². The van der Waals surface area contributed by atoms with Crippen LogP contribution in [0.2, 0.25) is 0 Å². The van der Waals surface area contributed by atoms with Gasteiger partial charge in [-0.3, -0.25) is 9.59 Å². The van der Waals surface area contributed by atoms with E-state index < -0.39 is 18.1 Å². The fourth-order valence-electron chi connectivity index (χ4n) is 3.23. The zero-order valence-electron chi connectivity index (χ0n) is 14.9. The van der Waals surface area contributed by atoms with Crippen LogP contribution in [-0.2, 0) is 16.0 Å². The van der Waals surface area contributed by atoms with Gasteiger partial charge in [0.15, 0.2) is 6.61 Å². The largest absolute Gasteiger partial charge is 0.454 e. The minimum absolute atomic E-state index is 0.121. The van der Waals surface area contributed by atoms with Crippen molar-refractivity contribution in [2.75, 3.05) is 13.2 Å². The van der Waals surface area contributed by atoms with Crippen LogP contribution in [0.15, 0.2) is 29.2 Å². The van der Waals surface area contributed by atoms with Gasteiger partial charge in [-0.1, -0.05) is 0 Å². The van der Waals surface area contributed by atoms with Crippen LogP contribution in [0.1, 0.15) is 44.9 Å². The molecule has 2 aromatic heterocycles. The molecule has 0 saturated carbocycles. The van der Waals surface area contributed by atoms with Gasteiger partial charge in [0.25, 0.3) is 5.56 Å². The first kappa shape index (κ1) is 18.1. The molecule has 0 aromatic carbocycles. The highest BCUT2D eigenvalue weighted by molar-refractivity contribution is 6.00. The molecule has 7 nitrogen and oxygen atoms in total. The number of aromatic nitrogens is 2. The van der Waals surface area contributed by atoms with Crippen LogP contribution in [0.5, 0.6) is 0 Å². The van der Waals surface area contributed by atoms with Gasteiger partial charge < -0.3 is 19.0 Å². The topological polar surface area (TPSA) is 90.4 Å². The van der Waals surface area contributed by atoms with Gasteiger partial charge in [-0.2, -0.15) is 0 Å². The predicted molar refractivity (Wildman–Crippen MR) is 94.6 cm³/mol. The fraction of sp³-hybridized carbons (Fsp3) is 0.421. The molecule has 0 unspecified atom stereocenters. The number of esters is 1. The van der Waals surface area contributed by atoms with E-state index in [4.69, 9.17) is 9.47 Å². The molecule has 2 aromatic rings. The van der Waals surface area contributed by atoms with Crippen molar-refractivity contribution < 1.29 is 19.1 Å². The number of carbonyl (C=O) groups excluding carboxylic acids is 2. The highest BCUT2D eigenvalue weighted by Gasteiger charge is 2.22. The summed E-state index contributed by atoms with van der Waals surface area (Å²) < 4.78 is 12.8. The van der Waals surface area contributed by atoms with E-state index in [0.29, 0.717) is 12.1 Å². The molecule has 1 aliphatic rings. The van der Waals surface area contributed by atoms with E-state index in [2.05, 4.69) is 9.55 Å². The number of carbonyl (C=O) groups is 2. The van der Waals surface area contributed by atoms with Crippen molar-refractivity contribution in [3.8, 4) is 0 Å². The van der Waals surface area contributed by atoms with Crippen LogP contribution < -0.4 is 5.56 Å². The summed E-state index contributed by atoms with van der Waals surface area (Å²) in [5.74, 6) is -1.11. The molecule has 3 rings (SSSR count). The Hall–Kier alpha value is -2.67. The summed E-state index contributed by atoms with van der Waals surface area (Å²) in [6, 6.07) is 4.69. The van der Waals surface area contributed by atoms with Crippen molar-refractivity contribution in [2.24, 2.45) is 0 Å². The average molecular weight is 358 g/mol. The van der Waals surface area contributed by atoms with Crippen LogP contribution in [0.25, 0.3) is 0 Å². The SMILES string of the molecule is Cc1cc(C(=O)COC(=O)c2ccc[nH]c2=O)c(C)n1C[C@@H]1CCCO1. The summed E-state index contributed by atoms with van der Waals surface area (Å²) in [4.78, 5) is 38.4. The Bertz CT molecular complexity index is 874. The lowest BCUT2D eigenvalue weighted by molar-refractivity contribution is 0.0472. The minimum Gasteiger partial charge on any atom is -0.454 e. The van der Waals surface area contributed by atoms with E-state index in [0.717, 1.165) is 30.8 Å². The molecule has 0 spiro atoms. The molecule has 0 aliphatic carbocycles. The molecular formula is C19H22N2O5. The zero-order valence-corrected chi connectivity index (χ0v) is 14.9. The monoisotopic (exact) mass is 358 g/mol. The Balaban J connectivity index is 1.67. The van der Waals surface area contributed by atoms with E-state index in [-0.39, 0.29) is 17.5 Å². The first-order chi connectivity index (χ1) is 12.5. The van der Waals surface area contributed by atoms with Crippen molar-refractivity contribution in [2.45, 2.75) is 39.3 Å². The van der Waals surface area contributed by atoms with Gasteiger partial charge >= 0.3 is 5.97 Å². The highest BCUT2D eigenvalue weighted by Crippen LogP contribution is 2.20. The van der Waals surface area contributed by atoms with Gasteiger partial charge in [0, 0.05) is 36.3 Å². The Morgan fingerprint density at radius 2 is 2.15 bits per heavy atom. The summed E-state index contributed by atoms with van der Waals surface area (Å²) in [5.41, 5.74) is 1.66. The maximum atomic E-state index is 12.5. The lowest BCUT2D eigenvalue weighted by Crippen LogP contribution is -2.22. The number of hydrogen-bond donors (Lipinski definition) is 1. The predicted octanol–water partition coefficient (Wildman–Crippen LogP) is 2.01. The number of Topliss-reactive ketones (excluding diaryl/α,β-unsaturated/α-hetero) is 1. The number of aryl methyl sites for hydroxylation is 1. The normalized spacial score (nSPS) is 16.6. The first-order valence-electron chi connectivity index (χ1n) is 8.63. The molecular weight excluding hydrogens is 336 g/mol. The van der Waals surface area contributed by atoms with E-state index in [1.807, 2.05) is 13.8 Å². The van der Waals surface area contributed by atoms with Crippen LogP contribution >= 0.6 is 0 Å². The summed E-state index contributed by atoms with van der Waals surface area (Å²) in [5, 5.41) is 0. The molecule has 0 amide bonds. The third kappa shape index (κ3) is 3.77. The number of pyridine rings is 1. The number of aromatic amines is 1. The van der Waals surface area contributed by atoms with Gasteiger partial charge in [0.05, 0.1) is 6.10 Å². The number of ketones is 1. The quantitative estimate of drug-likeness (QED) is 0.630. The molecule has 3 heterocycles. The fourth-order valence-corrected chi connectivity index (χ4v) is 3.23. The number of nitrogens with zero attached hydrogens (tertiary/aromatic N) is 1. The minimum atomic E-state index is -0.812. The van der Waals surface area contributed by atoms with Gasteiger partial charge in [-0.15, -0.1) is 0 Å². The molecule has 138 valence electrons. The number of rotatable bonds is 6. The van der Waals surface area contributed by atoms with Crippen LogP contribution in [0.4, 0.5) is 0 Å². The Kier molecular flexibility index (Phi) is 5.37. The van der Waals surface area contributed by atoms with E-state index in [1.54, 1.807) is 6.07 Å². The Morgan fingerprint density at radius 1 is 1.35 bits per heavy atom. The van der Waals surface area contributed by atoms with E-state index in [1.165, 1.54) is 18.3 Å². The van der Waals surface area contributed by atoms with Crippen LogP contribution in [-0.4, -0.2) is 40.6 Å². The van der Waals surface area contributed by atoms with E-state index >= 15 is 0 Å². The lowest BCUT2D eigenvalue weighted by atomic mass is 10.1. The maximum Gasteiger partial charge on any atom is 0.344 e.